The molecule has 0 aliphatic carbocycles. The molecule has 0 radical (unpaired) electrons. The maximum absolute atomic E-state index is 11.8. The Balaban J connectivity index is 2.31. The smallest absolute Gasteiger partial charge is 0.322 e. The Bertz CT molecular complexity index is 411. The maximum Gasteiger partial charge on any atom is 0.322 e. The van der Waals surface area contributed by atoms with E-state index < -0.39 is 10.9 Å². The lowest BCUT2D eigenvalue weighted by molar-refractivity contribution is -0.140. The zero-order valence-electron chi connectivity index (χ0n) is 9.04. The van der Waals surface area contributed by atoms with Gasteiger partial charge >= 0.3 is 5.97 Å². The van der Waals surface area contributed by atoms with Crippen molar-refractivity contribution in [2.75, 3.05) is 7.11 Å². The van der Waals surface area contributed by atoms with Crippen molar-refractivity contribution in [1.29, 1.82) is 0 Å². The number of rotatable bonds is 3. The second kappa shape index (κ2) is 5.03. The van der Waals surface area contributed by atoms with Crippen LogP contribution in [-0.2, 0) is 9.53 Å². The number of carbonyl (C=O) groups excluding carboxylic acids is 1. The number of esters is 1. The maximum atomic E-state index is 11.8. The Hall–Kier alpha value is -1.48. The average molecular weight is 234 g/mol. The SMILES string of the molecule is COC(=O)C(c1ccccc1)[SH]1C=CC=C1. The van der Waals surface area contributed by atoms with Crippen molar-refractivity contribution in [2.45, 2.75) is 5.25 Å². The van der Waals surface area contributed by atoms with Crippen LogP contribution in [0.5, 0.6) is 0 Å². The standard InChI is InChI=1S/C13H14O2S/c1-15-13(14)12(16-9-5-6-10-16)11-7-3-2-4-8-11/h2-10,12,16H,1H3. The van der Waals surface area contributed by atoms with E-state index in [-0.39, 0.29) is 11.2 Å². The average Bonchev–Trinajstić information content (AvgIpc) is 2.84. The highest BCUT2D eigenvalue weighted by atomic mass is 32.2. The van der Waals surface area contributed by atoms with Crippen LogP contribution in [0.15, 0.2) is 53.3 Å². The molecule has 0 spiro atoms. The summed E-state index contributed by atoms with van der Waals surface area (Å²) in [7, 11) is 0.876. The van der Waals surface area contributed by atoms with Crippen LogP contribution in [0.4, 0.5) is 0 Å². The number of carbonyl (C=O) groups is 1. The Morgan fingerprint density at radius 1 is 1.19 bits per heavy atom. The van der Waals surface area contributed by atoms with Crippen molar-refractivity contribution in [3.05, 3.63) is 58.9 Å². The van der Waals surface area contributed by atoms with Crippen LogP contribution in [0.1, 0.15) is 10.8 Å². The fraction of sp³-hybridized carbons (Fsp3) is 0.154. The Morgan fingerprint density at radius 2 is 1.81 bits per heavy atom. The van der Waals surface area contributed by atoms with E-state index in [4.69, 9.17) is 4.74 Å². The summed E-state index contributed by atoms with van der Waals surface area (Å²) < 4.78 is 4.89. The summed E-state index contributed by atoms with van der Waals surface area (Å²) >= 11 is 0. The van der Waals surface area contributed by atoms with Crippen molar-refractivity contribution < 1.29 is 9.53 Å². The lowest BCUT2D eigenvalue weighted by atomic mass is 10.1. The van der Waals surface area contributed by atoms with Crippen LogP contribution in [0, 0.1) is 0 Å². The van der Waals surface area contributed by atoms with Crippen molar-refractivity contribution in [1.82, 2.24) is 0 Å². The molecule has 0 aromatic heterocycles. The summed E-state index contributed by atoms with van der Waals surface area (Å²) in [4.78, 5) is 11.8. The van der Waals surface area contributed by atoms with E-state index in [9.17, 15) is 4.79 Å². The van der Waals surface area contributed by atoms with Crippen LogP contribution in [0.3, 0.4) is 0 Å². The number of hydrogen-bond donors (Lipinski definition) is 1. The lowest BCUT2D eigenvalue weighted by Crippen LogP contribution is -2.13. The molecule has 3 heteroatoms. The Kier molecular flexibility index (Phi) is 3.47. The zero-order chi connectivity index (χ0) is 11.4. The molecular formula is C13H14O2S. The van der Waals surface area contributed by atoms with E-state index in [0.717, 1.165) is 5.56 Å². The van der Waals surface area contributed by atoms with E-state index in [1.165, 1.54) is 7.11 Å². The molecule has 1 aromatic carbocycles. The summed E-state index contributed by atoms with van der Waals surface area (Å²) in [5.41, 5.74) is 1.02. The minimum Gasteiger partial charge on any atom is -0.468 e. The number of hydrogen-bond acceptors (Lipinski definition) is 2. The van der Waals surface area contributed by atoms with Gasteiger partial charge in [0.2, 0.25) is 0 Å². The molecule has 0 saturated heterocycles. The first kappa shape index (κ1) is 11.0. The van der Waals surface area contributed by atoms with Crippen LogP contribution in [0.25, 0.3) is 0 Å². The Labute approximate surface area is 98.0 Å². The molecule has 0 saturated carbocycles. The molecule has 1 unspecified atom stereocenters. The summed E-state index contributed by atoms with van der Waals surface area (Å²) in [5, 5.41) is 4.00. The van der Waals surface area contributed by atoms with Gasteiger partial charge in [0, 0.05) is 0 Å². The third kappa shape index (κ3) is 2.19. The summed E-state index contributed by atoms with van der Waals surface area (Å²) in [6.45, 7) is 0. The molecule has 84 valence electrons. The summed E-state index contributed by atoms with van der Waals surface area (Å²) in [6, 6.07) is 9.80. The van der Waals surface area contributed by atoms with E-state index in [1.807, 2.05) is 42.5 Å². The van der Waals surface area contributed by atoms with Crippen LogP contribution in [-0.4, -0.2) is 13.1 Å². The highest BCUT2D eigenvalue weighted by Gasteiger charge is 2.25. The minimum absolute atomic E-state index is 0.159. The topological polar surface area (TPSA) is 26.3 Å². The van der Waals surface area contributed by atoms with Gasteiger partial charge < -0.3 is 4.74 Å². The molecule has 1 heterocycles. The molecular weight excluding hydrogens is 220 g/mol. The van der Waals surface area contributed by atoms with Gasteiger partial charge in [0.05, 0.1) is 7.11 Å². The molecule has 0 amide bonds. The van der Waals surface area contributed by atoms with E-state index in [2.05, 4.69) is 10.8 Å². The first-order valence-corrected chi connectivity index (χ1v) is 6.63. The zero-order valence-corrected chi connectivity index (χ0v) is 9.93. The van der Waals surface area contributed by atoms with Crippen LogP contribution < -0.4 is 0 Å². The van der Waals surface area contributed by atoms with Crippen molar-refractivity contribution in [3.63, 3.8) is 0 Å². The third-order valence-corrected chi connectivity index (χ3v) is 4.60. The summed E-state index contributed by atoms with van der Waals surface area (Å²) in [5.74, 6) is -0.159. The molecule has 2 nitrogen and oxygen atoms in total. The molecule has 1 atom stereocenters. The molecule has 1 aliphatic heterocycles. The van der Waals surface area contributed by atoms with E-state index in [0.29, 0.717) is 0 Å². The molecule has 1 aromatic rings. The van der Waals surface area contributed by atoms with Gasteiger partial charge in [-0.1, -0.05) is 42.5 Å². The number of thiol groups is 1. The van der Waals surface area contributed by atoms with E-state index >= 15 is 0 Å². The number of ether oxygens (including phenoxy) is 1. The lowest BCUT2D eigenvalue weighted by Gasteiger charge is -2.22. The van der Waals surface area contributed by atoms with Crippen molar-refractivity contribution in [2.24, 2.45) is 0 Å². The number of benzene rings is 1. The Morgan fingerprint density at radius 3 is 2.38 bits per heavy atom. The normalized spacial score (nSPS) is 17.4. The first-order chi connectivity index (χ1) is 7.83. The molecule has 0 bridgehead atoms. The van der Waals surface area contributed by atoms with Gasteiger partial charge in [-0.05, 0) is 16.4 Å². The molecule has 16 heavy (non-hydrogen) atoms. The van der Waals surface area contributed by atoms with Crippen LogP contribution in [0.2, 0.25) is 0 Å². The predicted octanol–water partition coefficient (Wildman–Crippen LogP) is 2.94. The third-order valence-electron chi connectivity index (χ3n) is 2.47. The molecule has 0 N–H and O–H groups in total. The minimum atomic E-state index is -0.566. The first-order valence-electron chi connectivity index (χ1n) is 5.08. The highest BCUT2D eigenvalue weighted by Crippen LogP contribution is 2.48. The van der Waals surface area contributed by atoms with Gasteiger partial charge in [0.15, 0.2) is 0 Å². The van der Waals surface area contributed by atoms with Crippen molar-refractivity contribution >= 4 is 16.9 Å². The van der Waals surface area contributed by atoms with Gasteiger partial charge in [-0.2, -0.15) is 10.9 Å². The molecule has 0 fully saturated rings. The van der Waals surface area contributed by atoms with Crippen molar-refractivity contribution in [3.8, 4) is 0 Å². The number of allylic oxidation sites excluding steroid dienone is 2. The van der Waals surface area contributed by atoms with Gasteiger partial charge in [0.1, 0.15) is 5.25 Å². The van der Waals surface area contributed by atoms with Gasteiger partial charge in [-0.25, -0.2) is 0 Å². The fourth-order valence-electron chi connectivity index (χ4n) is 1.70. The largest absolute Gasteiger partial charge is 0.468 e. The van der Waals surface area contributed by atoms with Gasteiger partial charge in [-0.15, -0.1) is 0 Å². The quantitative estimate of drug-likeness (QED) is 0.643. The monoisotopic (exact) mass is 234 g/mol. The predicted molar refractivity (Wildman–Crippen MR) is 68.5 cm³/mol. The molecule has 1 aliphatic rings. The highest BCUT2D eigenvalue weighted by molar-refractivity contribution is 8.23. The second-order valence-corrected chi connectivity index (χ2v) is 5.47. The van der Waals surface area contributed by atoms with Crippen LogP contribution >= 0.6 is 10.9 Å². The van der Waals surface area contributed by atoms with E-state index in [1.54, 1.807) is 0 Å². The fourth-order valence-corrected chi connectivity index (χ4v) is 3.60. The van der Waals surface area contributed by atoms with Gasteiger partial charge in [0.25, 0.3) is 0 Å². The van der Waals surface area contributed by atoms with Gasteiger partial charge in [-0.3, -0.25) is 4.79 Å². The second-order valence-electron chi connectivity index (χ2n) is 3.47. The molecule has 2 rings (SSSR count). The summed E-state index contributed by atoms with van der Waals surface area (Å²) in [6.07, 6.45) is 3.98. The number of methoxy groups -OCH3 is 1.